The van der Waals surface area contributed by atoms with Gasteiger partial charge in [0, 0.05) is 18.5 Å². The number of amides is 1. The van der Waals surface area contributed by atoms with Crippen LogP contribution in [0.5, 0.6) is 0 Å². The van der Waals surface area contributed by atoms with Gasteiger partial charge in [0.2, 0.25) is 0 Å². The minimum absolute atomic E-state index is 0.0150. The van der Waals surface area contributed by atoms with Crippen molar-refractivity contribution in [2.45, 2.75) is 58.4 Å². The van der Waals surface area contributed by atoms with Crippen molar-refractivity contribution in [2.24, 2.45) is 28.7 Å². The second kappa shape index (κ2) is 8.73. The van der Waals surface area contributed by atoms with E-state index in [1.165, 1.54) is 17.5 Å². The monoisotopic (exact) mass is 439 g/mol. The van der Waals surface area contributed by atoms with Crippen molar-refractivity contribution in [3.05, 3.63) is 47.2 Å². The zero-order chi connectivity index (χ0) is 22.3. The lowest BCUT2D eigenvalue weighted by atomic mass is 9.80. The summed E-state index contributed by atoms with van der Waals surface area (Å²) >= 11 is 1.46. The number of benzene rings is 1. The third-order valence-corrected chi connectivity index (χ3v) is 7.46. The maximum absolute atomic E-state index is 13.6. The first kappa shape index (κ1) is 22.0. The van der Waals surface area contributed by atoms with E-state index in [1.807, 2.05) is 30.9 Å². The lowest BCUT2D eigenvalue weighted by Gasteiger charge is -2.43. The quantitative estimate of drug-likeness (QED) is 0.477. The van der Waals surface area contributed by atoms with Crippen LogP contribution in [-0.4, -0.2) is 34.3 Å². The number of allylic oxidation sites excluding steroid dienone is 1. The highest BCUT2D eigenvalue weighted by molar-refractivity contribution is 7.98. The smallest absolute Gasteiger partial charge is 0.261 e. The van der Waals surface area contributed by atoms with Crippen LogP contribution in [0.4, 0.5) is 5.69 Å². The zero-order valence-electron chi connectivity index (χ0n) is 19.1. The molecule has 1 amide bonds. The molecule has 4 atom stereocenters. The predicted molar refractivity (Wildman–Crippen MR) is 127 cm³/mol. The predicted octanol–water partition coefficient (Wildman–Crippen LogP) is 5.55. The molecule has 1 fully saturated rings. The Kier molecular flexibility index (Phi) is 6.20. The summed E-state index contributed by atoms with van der Waals surface area (Å²) in [6.45, 7) is 11.1. The Balaban J connectivity index is 0.00000112. The molecule has 0 aromatic heterocycles. The third kappa shape index (κ3) is 3.79. The summed E-state index contributed by atoms with van der Waals surface area (Å²) in [7, 11) is 0. The molecule has 31 heavy (non-hydrogen) atoms. The van der Waals surface area contributed by atoms with Crippen LogP contribution in [0.25, 0.3) is 0 Å². The standard InChI is InChI=1S/C23H27N3O2S.C2H6/c1-12(2)8-9-26-20-15-6-5-14(11-15)18(20)21(27)19(23(26)28)22-24-16-7-4-13(3)10-17(16)29-25-22;1-2/h4-7,10,12,14-15,18,20,27H,8-9,11H2,1-3H3,(H,24,25);1-2H3. The van der Waals surface area contributed by atoms with Crippen LogP contribution >= 0.6 is 11.9 Å². The van der Waals surface area contributed by atoms with Gasteiger partial charge in [-0.2, -0.15) is 0 Å². The molecule has 4 unspecified atom stereocenters. The molecule has 0 saturated heterocycles. The maximum Gasteiger partial charge on any atom is 0.261 e. The summed E-state index contributed by atoms with van der Waals surface area (Å²) in [4.78, 5) is 21.4. The number of aliphatic hydroxyl groups excluding tert-OH is 1. The average Bonchev–Trinajstić information content (AvgIpc) is 3.37. The SMILES string of the molecule is CC.Cc1ccc2c(c1)SNC(C1=C(O)C3C4C=CC(C4)C3N(CCC(C)C)C1=O)=N2. The van der Waals surface area contributed by atoms with Crippen molar-refractivity contribution in [2.75, 3.05) is 6.54 Å². The lowest BCUT2D eigenvalue weighted by Crippen LogP contribution is -2.54. The Labute approximate surface area is 189 Å². The number of nitrogens with zero attached hydrogens (tertiary/aromatic N) is 2. The Morgan fingerprint density at radius 1 is 1.26 bits per heavy atom. The summed E-state index contributed by atoms with van der Waals surface area (Å²) in [6.07, 6.45) is 6.44. The molecule has 2 N–H and O–H groups in total. The molecule has 2 heterocycles. The number of fused-ring (bicyclic) bond motifs is 6. The fraction of sp³-hybridized carbons (Fsp3) is 0.520. The van der Waals surface area contributed by atoms with Crippen molar-refractivity contribution in [1.82, 2.24) is 9.62 Å². The highest BCUT2D eigenvalue weighted by Crippen LogP contribution is 2.52. The van der Waals surface area contributed by atoms with Gasteiger partial charge in [-0.25, -0.2) is 4.99 Å². The largest absolute Gasteiger partial charge is 0.511 e. The maximum atomic E-state index is 13.6. The number of amidine groups is 1. The number of rotatable bonds is 4. The van der Waals surface area contributed by atoms with E-state index in [0.717, 1.165) is 30.0 Å². The van der Waals surface area contributed by atoms with Gasteiger partial charge in [-0.3, -0.25) is 4.79 Å². The molecule has 2 bridgehead atoms. The molecule has 1 aromatic rings. The lowest BCUT2D eigenvalue weighted by molar-refractivity contribution is -0.132. The Hall–Kier alpha value is -2.21. The molecule has 1 saturated carbocycles. The van der Waals surface area contributed by atoms with Crippen molar-refractivity contribution < 1.29 is 9.90 Å². The van der Waals surface area contributed by atoms with Crippen LogP contribution in [-0.2, 0) is 4.79 Å². The molecule has 5 nitrogen and oxygen atoms in total. The van der Waals surface area contributed by atoms with Crippen molar-refractivity contribution >= 4 is 29.4 Å². The number of hydrogen-bond donors (Lipinski definition) is 2. The Morgan fingerprint density at radius 2 is 2.00 bits per heavy atom. The summed E-state index contributed by atoms with van der Waals surface area (Å²) in [5, 5.41) is 11.2. The molecule has 5 rings (SSSR count). The van der Waals surface area contributed by atoms with Gasteiger partial charge in [-0.15, -0.1) is 0 Å². The normalized spacial score (nSPS) is 28.1. The zero-order valence-corrected chi connectivity index (χ0v) is 19.9. The molecule has 1 aromatic carbocycles. The van der Waals surface area contributed by atoms with Crippen molar-refractivity contribution in [3.63, 3.8) is 0 Å². The van der Waals surface area contributed by atoms with E-state index in [2.05, 4.69) is 43.7 Å². The molecule has 166 valence electrons. The van der Waals surface area contributed by atoms with Crippen molar-refractivity contribution in [1.29, 1.82) is 0 Å². The molecule has 6 heteroatoms. The molecule has 0 radical (unpaired) electrons. The van der Waals surface area contributed by atoms with E-state index in [1.54, 1.807) is 0 Å². The van der Waals surface area contributed by atoms with Crippen LogP contribution < -0.4 is 4.72 Å². The molecule has 2 aliphatic carbocycles. The number of hydrogen-bond acceptors (Lipinski definition) is 5. The third-order valence-electron chi connectivity index (χ3n) is 6.61. The van der Waals surface area contributed by atoms with Crippen LogP contribution in [0.1, 0.15) is 46.1 Å². The molecular weight excluding hydrogens is 406 g/mol. The average molecular weight is 440 g/mol. The van der Waals surface area contributed by atoms with Crippen LogP contribution in [0.3, 0.4) is 0 Å². The number of aliphatic hydroxyl groups is 1. The van der Waals surface area contributed by atoms with Gasteiger partial charge in [0.25, 0.3) is 5.91 Å². The minimum atomic E-state index is -0.0900. The number of carbonyl (C=O) groups is 1. The van der Waals surface area contributed by atoms with Crippen LogP contribution in [0.2, 0.25) is 0 Å². The number of aryl methyl sites for hydroxylation is 1. The van der Waals surface area contributed by atoms with E-state index < -0.39 is 0 Å². The molecule has 0 spiro atoms. The van der Waals surface area contributed by atoms with Gasteiger partial charge in [0.1, 0.15) is 11.3 Å². The highest BCUT2D eigenvalue weighted by atomic mass is 32.2. The van der Waals surface area contributed by atoms with E-state index in [0.29, 0.717) is 29.2 Å². The summed E-state index contributed by atoms with van der Waals surface area (Å²) < 4.78 is 3.23. The van der Waals surface area contributed by atoms with Crippen LogP contribution in [0.15, 0.2) is 51.6 Å². The first-order valence-corrected chi connectivity index (χ1v) is 12.3. The van der Waals surface area contributed by atoms with E-state index in [4.69, 9.17) is 4.99 Å². The minimum Gasteiger partial charge on any atom is -0.511 e. The second-order valence-electron chi connectivity index (χ2n) is 9.04. The molecular formula is C25H33N3O2S. The summed E-state index contributed by atoms with van der Waals surface area (Å²) in [5.74, 6) is 1.78. The van der Waals surface area contributed by atoms with Gasteiger partial charge in [-0.1, -0.05) is 45.9 Å². The second-order valence-corrected chi connectivity index (χ2v) is 9.89. The highest BCUT2D eigenvalue weighted by Gasteiger charge is 2.55. The van der Waals surface area contributed by atoms with E-state index >= 15 is 0 Å². The summed E-state index contributed by atoms with van der Waals surface area (Å²) in [5.41, 5.74) is 2.37. The Morgan fingerprint density at radius 3 is 2.74 bits per heavy atom. The first-order valence-electron chi connectivity index (χ1n) is 11.5. The fourth-order valence-corrected chi connectivity index (χ4v) is 5.98. The van der Waals surface area contributed by atoms with E-state index in [9.17, 15) is 9.90 Å². The van der Waals surface area contributed by atoms with Gasteiger partial charge < -0.3 is 14.7 Å². The van der Waals surface area contributed by atoms with Crippen LogP contribution in [0, 0.1) is 30.6 Å². The van der Waals surface area contributed by atoms with Gasteiger partial charge >= 0.3 is 0 Å². The van der Waals surface area contributed by atoms with Gasteiger partial charge in [0.15, 0.2) is 5.84 Å². The number of carbonyl (C=O) groups excluding carboxylic acids is 1. The van der Waals surface area contributed by atoms with Gasteiger partial charge in [0.05, 0.1) is 10.6 Å². The van der Waals surface area contributed by atoms with Crippen molar-refractivity contribution in [3.8, 4) is 0 Å². The molecule has 2 aliphatic heterocycles. The van der Waals surface area contributed by atoms with E-state index in [-0.39, 0.29) is 23.6 Å². The topological polar surface area (TPSA) is 64.9 Å². The Bertz CT molecular complexity index is 966. The number of aliphatic imine (C=N–C) groups is 1. The first-order chi connectivity index (χ1) is 14.9. The fourth-order valence-electron chi connectivity index (χ4n) is 5.16. The summed E-state index contributed by atoms with van der Waals surface area (Å²) in [6, 6.07) is 6.15. The number of nitrogens with one attached hydrogen (secondary N) is 1. The van der Waals surface area contributed by atoms with Gasteiger partial charge in [-0.05, 0) is 67.2 Å². The molecule has 4 aliphatic rings.